The van der Waals surface area contributed by atoms with Crippen LogP contribution >= 0.6 is 0 Å². The van der Waals surface area contributed by atoms with Crippen LogP contribution in [-0.4, -0.2) is 12.1 Å². The summed E-state index contributed by atoms with van der Waals surface area (Å²) in [5.41, 5.74) is 2.36. The van der Waals surface area contributed by atoms with Crippen LogP contribution in [0.5, 0.6) is 0 Å². The van der Waals surface area contributed by atoms with Crippen LogP contribution in [0.15, 0.2) is 10.7 Å². The average Bonchev–Trinajstić information content (AvgIpc) is 2.83. The first-order chi connectivity index (χ1) is 9.74. The third-order valence-corrected chi connectivity index (χ3v) is 4.59. The fraction of sp³-hybridized carbons (Fsp3) is 0.688. The van der Waals surface area contributed by atoms with Gasteiger partial charge in [-0.1, -0.05) is 19.3 Å². The summed E-state index contributed by atoms with van der Waals surface area (Å²) in [7, 11) is 0. The zero-order valence-corrected chi connectivity index (χ0v) is 12.2. The zero-order chi connectivity index (χ0) is 13.9. The van der Waals surface area contributed by atoms with Gasteiger partial charge in [0.15, 0.2) is 0 Å². The fourth-order valence-corrected chi connectivity index (χ4v) is 3.56. The van der Waals surface area contributed by atoms with Gasteiger partial charge in [0.25, 0.3) is 0 Å². The minimum Gasteiger partial charge on any atom is -0.469 e. The molecule has 0 saturated heterocycles. The number of carbonyl (C=O) groups is 1. The topological polar surface area (TPSA) is 54.3 Å². The van der Waals surface area contributed by atoms with Crippen LogP contribution in [0.3, 0.4) is 0 Å². The maximum Gasteiger partial charge on any atom is 0.315 e. The van der Waals surface area contributed by atoms with Crippen molar-refractivity contribution in [2.45, 2.75) is 70.4 Å². The minimum atomic E-state index is -0.0182. The molecule has 2 amide bonds. The van der Waals surface area contributed by atoms with Crippen LogP contribution in [0, 0.1) is 6.92 Å². The lowest BCUT2D eigenvalue weighted by molar-refractivity contribution is 0.227. The summed E-state index contributed by atoms with van der Waals surface area (Å²) in [6.45, 7) is 2.06. The Kier molecular flexibility index (Phi) is 3.99. The Morgan fingerprint density at radius 3 is 2.75 bits per heavy atom. The van der Waals surface area contributed by atoms with Crippen molar-refractivity contribution in [3.05, 3.63) is 23.2 Å². The maximum absolute atomic E-state index is 12.2. The van der Waals surface area contributed by atoms with Crippen LogP contribution < -0.4 is 10.6 Å². The molecular formula is C16H24N2O2. The second kappa shape index (κ2) is 5.90. The molecular weight excluding hydrogens is 252 g/mol. The van der Waals surface area contributed by atoms with E-state index in [9.17, 15) is 4.79 Å². The highest BCUT2D eigenvalue weighted by Crippen LogP contribution is 2.33. The summed E-state index contributed by atoms with van der Waals surface area (Å²) in [6.07, 6.45) is 10.9. The number of nitrogens with one attached hydrogen (secondary N) is 2. The smallest absolute Gasteiger partial charge is 0.315 e. The Hall–Kier alpha value is -1.45. The Morgan fingerprint density at radius 1 is 1.15 bits per heavy atom. The molecule has 110 valence electrons. The zero-order valence-electron chi connectivity index (χ0n) is 12.2. The first kappa shape index (κ1) is 13.5. The number of rotatable bonds is 2. The highest BCUT2D eigenvalue weighted by atomic mass is 16.3. The first-order valence-corrected chi connectivity index (χ1v) is 7.88. The van der Waals surface area contributed by atoms with Crippen LogP contribution in [0.2, 0.25) is 0 Å². The Labute approximate surface area is 120 Å². The molecule has 1 aromatic heterocycles. The molecule has 20 heavy (non-hydrogen) atoms. The standard InChI is InChI=1S/C16H24N2O2/c1-11-10-20-14-9-5-8-13(15(11)14)18-16(19)17-12-6-3-2-4-7-12/h10,12-13H,2-9H2,1H3,(H2,17,18,19)/t13-/m0/s1. The van der Waals surface area contributed by atoms with E-state index in [0.717, 1.165) is 43.4 Å². The molecule has 1 saturated carbocycles. The van der Waals surface area contributed by atoms with Crippen molar-refractivity contribution in [2.24, 2.45) is 0 Å². The molecule has 0 aliphatic heterocycles. The van der Waals surface area contributed by atoms with Gasteiger partial charge in [0, 0.05) is 18.0 Å². The van der Waals surface area contributed by atoms with E-state index in [-0.39, 0.29) is 12.1 Å². The van der Waals surface area contributed by atoms with Crippen LogP contribution in [0.25, 0.3) is 0 Å². The number of carbonyl (C=O) groups excluding carboxylic acids is 1. The summed E-state index contributed by atoms with van der Waals surface area (Å²) in [5.74, 6) is 1.05. The van der Waals surface area contributed by atoms with Crippen molar-refractivity contribution in [3.63, 3.8) is 0 Å². The molecule has 2 aliphatic carbocycles. The second-order valence-electron chi connectivity index (χ2n) is 6.15. The summed E-state index contributed by atoms with van der Waals surface area (Å²) in [6, 6.07) is 0.452. The lowest BCUT2D eigenvalue weighted by Crippen LogP contribution is -2.44. The fourth-order valence-electron chi connectivity index (χ4n) is 3.56. The number of hydrogen-bond acceptors (Lipinski definition) is 2. The van der Waals surface area contributed by atoms with Crippen molar-refractivity contribution in [2.75, 3.05) is 0 Å². The molecule has 3 rings (SSSR count). The van der Waals surface area contributed by atoms with E-state index in [4.69, 9.17) is 4.42 Å². The molecule has 4 heteroatoms. The Bertz CT molecular complexity index is 475. The first-order valence-electron chi connectivity index (χ1n) is 7.88. The minimum absolute atomic E-state index is 0.0182. The van der Waals surface area contributed by atoms with E-state index in [1.807, 2.05) is 6.26 Å². The number of hydrogen-bond donors (Lipinski definition) is 2. The predicted octanol–water partition coefficient (Wildman–Crippen LogP) is 3.60. The number of fused-ring (bicyclic) bond motifs is 1. The molecule has 0 radical (unpaired) electrons. The largest absolute Gasteiger partial charge is 0.469 e. The second-order valence-corrected chi connectivity index (χ2v) is 6.15. The summed E-state index contributed by atoms with van der Waals surface area (Å²) in [4.78, 5) is 12.2. The van der Waals surface area contributed by atoms with E-state index in [1.165, 1.54) is 24.8 Å². The average molecular weight is 276 g/mol. The van der Waals surface area contributed by atoms with Crippen molar-refractivity contribution < 1.29 is 9.21 Å². The van der Waals surface area contributed by atoms with Crippen molar-refractivity contribution in [1.82, 2.24) is 10.6 Å². The highest BCUT2D eigenvalue weighted by molar-refractivity contribution is 5.75. The molecule has 2 N–H and O–H groups in total. The van der Waals surface area contributed by atoms with E-state index in [1.54, 1.807) is 0 Å². The van der Waals surface area contributed by atoms with E-state index < -0.39 is 0 Å². The molecule has 1 atom stereocenters. The number of aryl methyl sites for hydroxylation is 2. The van der Waals surface area contributed by atoms with Crippen molar-refractivity contribution in [1.29, 1.82) is 0 Å². The molecule has 1 aromatic rings. The van der Waals surface area contributed by atoms with Gasteiger partial charge in [-0.25, -0.2) is 4.79 Å². The van der Waals surface area contributed by atoms with Gasteiger partial charge >= 0.3 is 6.03 Å². The van der Waals surface area contributed by atoms with Crippen LogP contribution in [0.4, 0.5) is 4.79 Å². The predicted molar refractivity (Wildman–Crippen MR) is 77.7 cm³/mol. The molecule has 1 fully saturated rings. The van der Waals surface area contributed by atoms with Gasteiger partial charge in [-0.2, -0.15) is 0 Å². The van der Waals surface area contributed by atoms with Gasteiger partial charge < -0.3 is 15.1 Å². The van der Waals surface area contributed by atoms with E-state index in [0.29, 0.717) is 6.04 Å². The third kappa shape index (κ3) is 2.84. The molecule has 0 bridgehead atoms. The SMILES string of the molecule is Cc1coc2c1[C@@H](NC(=O)NC1CCCCC1)CCC2. The molecule has 2 aliphatic rings. The Balaban J connectivity index is 1.60. The van der Waals surface area contributed by atoms with Gasteiger partial charge in [-0.15, -0.1) is 0 Å². The number of urea groups is 1. The van der Waals surface area contributed by atoms with Gasteiger partial charge in [0.2, 0.25) is 0 Å². The van der Waals surface area contributed by atoms with Gasteiger partial charge in [0.05, 0.1) is 12.3 Å². The summed E-state index contributed by atoms with van der Waals surface area (Å²) in [5, 5.41) is 6.27. The number of furan rings is 1. The molecule has 0 spiro atoms. The van der Waals surface area contributed by atoms with Crippen LogP contribution in [0.1, 0.15) is 67.9 Å². The van der Waals surface area contributed by atoms with Crippen LogP contribution in [-0.2, 0) is 6.42 Å². The van der Waals surface area contributed by atoms with Crippen molar-refractivity contribution >= 4 is 6.03 Å². The van der Waals surface area contributed by atoms with E-state index >= 15 is 0 Å². The van der Waals surface area contributed by atoms with E-state index in [2.05, 4.69) is 17.6 Å². The monoisotopic (exact) mass is 276 g/mol. The van der Waals surface area contributed by atoms with Gasteiger partial charge in [-0.3, -0.25) is 0 Å². The summed E-state index contributed by atoms with van der Waals surface area (Å²) < 4.78 is 5.58. The highest BCUT2D eigenvalue weighted by Gasteiger charge is 2.27. The molecule has 1 heterocycles. The molecule has 0 unspecified atom stereocenters. The lowest BCUT2D eigenvalue weighted by Gasteiger charge is -2.27. The third-order valence-electron chi connectivity index (χ3n) is 4.59. The van der Waals surface area contributed by atoms with Gasteiger partial charge in [-0.05, 0) is 38.2 Å². The Morgan fingerprint density at radius 2 is 1.95 bits per heavy atom. The quantitative estimate of drug-likeness (QED) is 0.867. The number of amides is 2. The van der Waals surface area contributed by atoms with Gasteiger partial charge in [0.1, 0.15) is 5.76 Å². The molecule has 4 nitrogen and oxygen atoms in total. The lowest BCUT2D eigenvalue weighted by atomic mass is 9.91. The normalized spacial score (nSPS) is 23.1. The summed E-state index contributed by atoms with van der Waals surface area (Å²) >= 11 is 0. The molecule has 0 aromatic carbocycles. The van der Waals surface area contributed by atoms with Crippen molar-refractivity contribution in [3.8, 4) is 0 Å². The maximum atomic E-state index is 12.2.